The molecule has 66 valence electrons. The highest BCUT2D eigenvalue weighted by atomic mass is 16.4. The molecular weight excluding hydrogens is 152 g/mol. The van der Waals surface area contributed by atoms with E-state index in [4.69, 9.17) is 4.42 Å². The summed E-state index contributed by atoms with van der Waals surface area (Å²) in [7, 11) is 0. The fraction of sp³-hybridized carbons (Fsp3) is 0.400. The lowest BCUT2D eigenvalue weighted by Gasteiger charge is -2.10. The van der Waals surface area contributed by atoms with Crippen molar-refractivity contribution in [2.75, 3.05) is 0 Å². The SMILES string of the molecule is C=C[C@H](C)C[C@@H](O)c1ccco1. The van der Waals surface area contributed by atoms with Crippen LogP contribution in [0.1, 0.15) is 25.2 Å². The largest absolute Gasteiger partial charge is 0.467 e. The summed E-state index contributed by atoms with van der Waals surface area (Å²) in [5.41, 5.74) is 0. The highest BCUT2D eigenvalue weighted by Gasteiger charge is 2.12. The van der Waals surface area contributed by atoms with E-state index in [0.717, 1.165) is 0 Å². The number of furan rings is 1. The fourth-order valence-electron chi connectivity index (χ4n) is 1.05. The van der Waals surface area contributed by atoms with Gasteiger partial charge in [0, 0.05) is 0 Å². The molecule has 0 aliphatic carbocycles. The van der Waals surface area contributed by atoms with Gasteiger partial charge in [0.25, 0.3) is 0 Å². The lowest BCUT2D eigenvalue weighted by Crippen LogP contribution is -2.00. The van der Waals surface area contributed by atoms with Crippen molar-refractivity contribution in [3.8, 4) is 0 Å². The topological polar surface area (TPSA) is 33.4 Å². The van der Waals surface area contributed by atoms with E-state index in [9.17, 15) is 5.11 Å². The molecule has 0 aromatic carbocycles. The number of hydrogen-bond donors (Lipinski definition) is 1. The minimum Gasteiger partial charge on any atom is -0.467 e. The van der Waals surface area contributed by atoms with E-state index >= 15 is 0 Å². The number of rotatable bonds is 4. The van der Waals surface area contributed by atoms with Crippen LogP contribution in [0, 0.1) is 5.92 Å². The van der Waals surface area contributed by atoms with Crippen LogP contribution in [0.2, 0.25) is 0 Å². The van der Waals surface area contributed by atoms with Gasteiger partial charge >= 0.3 is 0 Å². The number of hydrogen-bond acceptors (Lipinski definition) is 2. The van der Waals surface area contributed by atoms with E-state index in [2.05, 4.69) is 6.58 Å². The lowest BCUT2D eigenvalue weighted by atomic mass is 10.0. The smallest absolute Gasteiger partial charge is 0.132 e. The molecule has 0 unspecified atom stereocenters. The van der Waals surface area contributed by atoms with Gasteiger partial charge in [0.05, 0.1) is 6.26 Å². The Hall–Kier alpha value is -1.02. The summed E-state index contributed by atoms with van der Waals surface area (Å²) >= 11 is 0. The second kappa shape index (κ2) is 4.12. The van der Waals surface area contributed by atoms with Gasteiger partial charge in [-0.25, -0.2) is 0 Å². The predicted molar refractivity (Wildman–Crippen MR) is 47.6 cm³/mol. The van der Waals surface area contributed by atoms with E-state index in [-0.39, 0.29) is 0 Å². The fourth-order valence-corrected chi connectivity index (χ4v) is 1.05. The Balaban J connectivity index is 2.49. The Morgan fingerprint density at radius 3 is 3.00 bits per heavy atom. The molecule has 0 saturated heterocycles. The molecule has 2 atom stereocenters. The molecule has 0 radical (unpaired) electrons. The Labute approximate surface area is 72.5 Å². The monoisotopic (exact) mass is 166 g/mol. The van der Waals surface area contributed by atoms with Crippen LogP contribution in [0.5, 0.6) is 0 Å². The number of aliphatic hydroxyl groups excluding tert-OH is 1. The van der Waals surface area contributed by atoms with E-state index in [1.165, 1.54) is 0 Å². The van der Waals surface area contributed by atoms with Gasteiger partial charge in [-0.2, -0.15) is 0 Å². The number of allylic oxidation sites excluding steroid dienone is 1. The molecule has 0 aliphatic heterocycles. The molecule has 2 nitrogen and oxygen atoms in total. The molecule has 1 aromatic heterocycles. The van der Waals surface area contributed by atoms with Crippen molar-refractivity contribution < 1.29 is 9.52 Å². The van der Waals surface area contributed by atoms with Gasteiger partial charge in [-0.1, -0.05) is 13.0 Å². The summed E-state index contributed by atoms with van der Waals surface area (Å²) in [4.78, 5) is 0. The van der Waals surface area contributed by atoms with E-state index in [0.29, 0.717) is 18.1 Å². The molecule has 0 saturated carbocycles. The van der Waals surface area contributed by atoms with E-state index in [1.807, 2.05) is 13.0 Å². The zero-order chi connectivity index (χ0) is 8.97. The molecule has 12 heavy (non-hydrogen) atoms. The molecule has 2 heteroatoms. The summed E-state index contributed by atoms with van der Waals surface area (Å²) in [6.45, 7) is 5.67. The van der Waals surface area contributed by atoms with Crippen molar-refractivity contribution in [2.45, 2.75) is 19.4 Å². The highest BCUT2D eigenvalue weighted by Crippen LogP contribution is 2.21. The van der Waals surface area contributed by atoms with Gasteiger partial charge in [0.15, 0.2) is 0 Å². The van der Waals surface area contributed by atoms with Crippen LogP contribution in [0.25, 0.3) is 0 Å². The maximum atomic E-state index is 9.57. The van der Waals surface area contributed by atoms with Gasteiger partial charge < -0.3 is 9.52 Å². The zero-order valence-corrected chi connectivity index (χ0v) is 7.23. The summed E-state index contributed by atoms with van der Waals surface area (Å²) in [6.07, 6.45) is 3.55. The first-order valence-corrected chi connectivity index (χ1v) is 4.08. The molecule has 0 amide bonds. The standard InChI is InChI=1S/C10H14O2/c1-3-8(2)7-9(11)10-5-4-6-12-10/h3-6,8-9,11H,1,7H2,2H3/t8-,9+/m0/s1. The first kappa shape index (κ1) is 9.07. The second-order valence-electron chi connectivity index (χ2n) is 2.98. The lowest BCUT2D eigenvalue weighted by molar-refractivity contribution is 0.130. The zero-order valence-electron chi connectivity index (χ0n) is 7.23. The maximum absolute atomic E-state index is 9.57. The van der Waals surface area contributed by atoms with Crippen molar-refractivity contribution in [3.63, 3.8) is 0 Å². The summed E-state index contributed by atoms with van der Waals surface area (Å²) in [5, 5.41) is 9.57. The third-order valence-corrected chi connectivity index (χ3v) is 1.87. The van der Waals surface area contributed by atoms with Crippen LogP contribution < -0.4 is 0 Å². The van der Waals surface area contributed by atoms with Crippen LogP contribution in [0.4, 0.5) is 0 Å². The van der Waals surface area contributed by atoms with Gasteiger partial charge in [-0.15, -0.1) is 6.58 Å². The molecular formula is C10H14O2. The van der Waals surface area contributed by atoms with Crippen LogP contribution in [-0.4, -0.2) is 5.11 Å². The van der Waals surface area contributed by atoms with Crippen LogP contribution in [0.15, 0.2) is 35.5 Å². The molecule has 1 aromatic rings. The van der Waals surface area contributed by atoms with Crippen molar-refractivity contribution in [2.24, 2.45) is 5.92 Å². The molecule has 1 heterocycles. The molecule has 1 N–H and O–H groups in total. The minimum absolute atomic E-state index is 0.310. The maximum Gasteiger partial charge on any atom is 0.132 e. The normalized spacial score (nSPS) is 15.5. The quantitative estimate of drug-likeness (QED) is 0.697. The third-order valence-electron chi connectivity index (χ3n) is 1.87. The van der Waals surface area contributed by atoms with Crippen LogP contribution in [0.3, 0.4) is 0 Å². The molecule has 0 bridgehead atoms. The van der Waals surface area contributed by atoms with Gasteiger partial charge in [-0.3, -0.25) is 0 Å². The average Bonchev–Trinajstić information content (AvgIpc) is 2.56. The Morgan fingerprint density at radius 2 is 2.50 bits per heavy atom. The van der Waals surface area contributed by atoms with Gasteiger partial charge in [-0.05, 0) is 24.5 Å². The van der Waals surface area contributed by atoms with Crippen LogP contribution >= 0.6 is 0 Å². The van der Waals surface area contributed by atoms with Gasteiger partial charge in [0.1, 0.15) is 11.9 Å². The molecule has 0 fully saturated rings. The van der Waals surface area contributed by atoms with Crippen molar-refractivity contribution in [1.82, 2.24) is 0 Å². The second-order valence-corrected chi connectivity index (χ2v) is 2.98. The van der Waals surface area contributed by atoms with Crippen molar-refractivity contribution in [3.05, 3.63) is 36.8 Å². The highest BCUT2D eigenvalue weighted by molar-refractivity contribution is 5.02. The summed E-state index contributed by atoms with van der Waals surface area (Å²) < 4.78 is 5.06. The Morgan fingerprint density at radius 1 is 1.75 bits per heavy atom. The van der Waals surface area contributed by atoms with Crippen molar-refractivity contribution in [1.29, 1.82) is 0 Å². The number of aliphatic hydroxyl groups is 1. The Bertz CT molecular complexity index is 226. The molecule has 1 rings (SSSR count). The first-order chi connectivity index (χ1) is 5.74. The molecule has 0 spiro atoms. The van der Waals surface area contributed by atoms with Gasteiger partial charge in [0.2, 0.25) is 0 Å². The first-order valence-electron chi connectivity index (χ1n) is 4.08. The molecule has 0 aliphatic rings. The minimum atomic E-state index is -0.506. The Kier molecular flexibility index (Phi) is 3.11. The van der Waals surface area contributed by atoms with Crippen molar-refractivity contribution >= 4 is 0 Å². The van der Waals surface area contributed by atoms with E-state index < -0.39 is 6.10 Å². The average molecular weight is 166 g/mol. The summed E-state index contributed by atoms with van der Waals surface area (Å²) in [6, 6.07) is 3.55. The van der Waals surface area contributed by atoms with E-state index in [1.54, 1.807) is 18.4 Å². The third kappa shape index (κ3) is 2.24. The van der Waals surface area contributed by atoms with Crippen LogP contribution in [-0.2, 0) is 0 Å². The predicted octanol–water partition coefficient (Wildman–Crippen LogP) is 2.53. The summed E-state index contributed by atoms with van der Waals surface area (Å²) in [5.74, 6) is 0.939.